The van der Waals surface area contributed by atoms with Crippen LogP contribution in [-0.4, -0.2) is 22.5 Å². The van der Waals surface area contributed by atoms with E-state index in [4.69, 9.17) is 21.3 Å². The summed E-state index contributed by atoms with van der Waals surface area (Å²) in [5.74, 6) is -0.185. The summed E-state index contributed by atoms with van der Waals surface area (Å²) in [5, 5.41) is 5.74. The number of para-hydroxylation sites is 1. The van der Waals surface area contributed by atoms with Gasteiger partial charge in [0.05, 0.1) is 24.2 Å². The standard InChI is InChI=1S/C22H19ClFN3O2S/c1-12-6-5-9-16(24)18(12)20-21(25-19-13(2)7-4-8-15(19)23)27-14(10-17(28)29-3)11-30-22(27)26-20/h4-9,11,25H,10H2,1-3H3. The van der Waals surface area contributed by atoms with Crippen LogP contribution in [0.5, 0.6) is 0 Å². The summed E-state index contributed by atoms with van der Waals surface area (Å²) in [5.41, 5.74) is 3.95. The molecule has 2 aromatic heterocycles. The number of nitrogens with zero attached hydrogens (tertiary/aromatic N) is 2. The first-order chi connectivity index (χ1) is 14.4. The maximum atomic E-state index is 14.8. The third kappa shape index (κ3) is 3.55. The number of carbonyl (C=O) groups excluding carboxylic acids is 1. The Morgan fingerprint density at radius 1 is 1.23 bits per heavy atom. The molecule has 8 heteroatoms. The molecule has 30 heavy (non-hydrogen) atoms. The van der Waals surface area contributed by atoms with Gasteiger partial charge in [-0.2, -0.15) is 0 Å². The Morgan fingerprint density at radius 3 is 2.67 bits per heavy atom. The van der Waals surface area contributed by atoms with E-state index in [1.54, 1.807) is 12.1 Å². The lowest BCUT2D eigenvalue weighted by Crippen LogP contribution is -2.08. The highest BCUT2D eigenvalue weighted by Crippen LogP contribution is 2.39. The Morgan fingerprint density at radius 2 is 1.97 bits per heavy atom. The van der Waals surface area contributed by atoms with E-state index in [0.717, 1.165) is 11.1 Å². The summed E-state index contributed by atoms with van der Waals surface area (Å²) < 4.78 is 21.5. The van der Waals surface area contributed by atoms with Gasteiger partial charge in [-0.3, -0.25) is 9.20 Å². The predicted octanol–water partition coefficient (Wildman–Crippen LogP) is 5.93. The van der Waals surface area contributed by atoms with Gasteiger partial charge in [0.2, 0.25) is 0 Å². The number of benzene rings is 2. The molecule has 0 aliphatic rings. The largest absolute Gasteiger partial charge is 0.469 e. The summed E-state index contributed by atoms with van der Waals surface area (Å²) in [7, 11) is 1.35. The molecule has 4 aromatic rings. The van der Waals surface area contributed by atoms with Crippen molar-refractivity contribution in [2.24, 2.45) is 0 Å². The molecule has 0 aliphatic carbocycles. The number of imidazole rings is 1. The Balaban J connectivity index is 1.98. The summed E-state index contributed by atoms with van der Waals surface area (Å²) in [6.07, 6.45) is 0.0682. The first kappa shape index (κ1) is 20.4. The van der Waals surface area contributed by atoms with E-state index in [1.807, 2.05) is 41.8 Å². The van der Waals surface area contributed by atoms with Gasteiger partial charge in [0.1, 0.15) is 17.3 Å². The Bertz CT molecular complexity index is 1220. The molecule has 5 nitrogen and oxygen atoms in total. The van der Waals surface area contributed by atoms with Crippen LogP contribution in [0, 0.1) is 19.7 Å². The van der Waals surface area contributed by atoms with Crippen molar-refractivity contribution in [1.29, 1.82) is 0 Å². The number of aryl methyl sites for hydroxylation is 2. The lowest BCUT2D eigenvalue weighted by Gasteiger charge is -2.14. The predicted molar refractivity (Wildman–Crippen MR) is 118 cm³/mol. The summed E-state index contributed by atoms with van der Waals surface area (Å²) in [6.45, 7) is 3.77. The van der Waals surface area contributed by atoms with Gasteiger partial charge in [0.15, 0.2) is 4.96 Å². The number of anilines is 2. The zero-order valence-corrected chi connectivity index (χ0v) is 18.2. The SMILES string of the molecule is COC(=O)Cc1csc2nc(-c3c(C)cccc3F)c(Nc3c(C)cccc3Cl)n12. The number of fused-ring (bicyclic) bond motifs is 1. The molecule has 0 saturated heterocycles. The minimum absolute atomic E-state index is 0.0682. The minimum atomic E-state index is -0.369. The van der Waals surface area contributed by atoms with E-state index in [-0.39, 0.29) is 18.2 Å². The van der Waals surface area contributed by atoms with Crippen LogP contribution >= 0.6 is 22.9 Å². The number of ether oxygens (including phenoxy) is 1. The molecule has 0 fully saturated rings. The lowest BCUT2D eigenvalue weighted by molar-refractivity contribution is -0.139. The van der Waals surface area contributed by atoms with E-state index < -0.39 is 0 Å². The van der Waals surface area contributed by atoms with Gasteiger partial charge in [0.25, 0.3) is 0 Å². The van der Waals surface area contributed by atoms with E-state index >= 15 is 0 Å². The van der Waals surface area contributed by atoms with Crippen LogP contribution in [0.25, 0.3) is 16.2 Å². The second kappa shape index (κ2) is 8.08. The van der Waals surface area contributed by atoms with Crippen LogP contribution in [0.3, 0.4) is 0 Å². The first-order valence-electron chi connectivity index (χ1n) is 9.24. The first-order valence-corrected chi connectivity index (χ1v) is 10.5. The number of thiazole rings is 1. The van der Waals surface area contributed by atoms with Crippen molar-refractivity contribution in [3.63, 3.8) is 0 Å². The molecule has 0 radical (unpaired) electrons. The van der Waals surface area contributed by atoms with Crippen molar-refractivity contribution in [2.45, 2.75) is 20.3 Å². The van der Waals surface area contributed by atoms with Crippen LogP contribution in [-0.2, 0) is 16.0 Å². The van der Waals surface area contributed by atoms with Gasteiger partial charge in [-0.05, 0) is 37.1 Å². The Labute approximate surface area is 182 Å². The number of halogens is 2. The molecule has 154 valence electrons. The Kier molecular flexibility index (Phi) is 5.49. The van der Waals surface area contributed by atoms with Crippen LogP contribution < -0.4 is 5.32 Å². The average Bonchev–Trinajstić information content (AvgIpc) is 3.25. The van der Waals surface area contributed by atoms with Crippen molar-refractivity contribution < 1.29 is 13.9 Å². The molecule has 2 heterocycles. The third-order valence-corrected chi connectivity index (χ3v) is 6.10. The molecule has 2 aromatic carbocycles. The fourth-order valence-corrected chi connectivity index (χ4v) is 4.55. The van der Waals surface area contributed by atoms with Crippen LogP contribution in [0.4, 0.5) is 15.9 Å². The zero-order valence-electron chi connectivity index (χ0n) is 16.6. The number of rotatable bonds is 5. The number of carbonyl (C=O) groups is 1. The highest BCUT2D eigenvalue weighted by molar-refractivity contribution is 7.15. The maximum absolute atomic E-state index is 14.8. The van der Waals surface area contributed by atoms with Gasteiger partial charge < -0.3 is 10.1 Å². The molecular formula is C22H19ClFN3O2S. The van der Waals surface area contributed by atoms with E-state index in [2.05, 4.69) is 5.32 Å². The fourth-order valence-electron chi connectivity index (χ4n) is 3.39. The van der Waals surface area contributed by atoms with E-state index in [9.17, 15) is 9.18 Å². The van der Waals surface area contributed by atoms with Crippen molar-refractivity contribution in [1.82, 2.24) is 9.38 Å². The lowest BCUT2D eigenvalue weighted by atomic mass is 10.0. The fraction of sp³-hybridized carbons (Fsp3) is 0.182. The van der Waals surface area contributed by atoms with Crippen LogP contribution in [0.2, 0.25) is 5.02 Å². The van der Waals surface area contributed by atoms with Gasteiger partial charge in [-0.1, -0.05) is 35.9 Å². The molecule has 0 atom stereocenters. The van der Waals surface area contributed by atoms with Crippen molar-refractivity contribution >= 4 is 45.4 Å². The summed E-state index contributed by atoms with van der Waals surface area (Å²) >= 11 is 7.82. The second-order valence-corrected chi connectivity index (χ2v) is 8.14. The highest BCUT2D eigenvalue weighted by atomic mass is 35.5. The number of hydrogen-bond donors (Lipinski definition) is 1. The van der Waals surface area contributed by atoms with Gasteiger partial charge >= 0.3 is 5.97 Å². The molecule has 0 bridgehead atoms. The summed E-state index contributed by atoms with van der Waals surface area (Å²) in [4.78, 5) is 17.3. The third-order valence-electron chi connectivity index (χ3n) is 4.91. The maximum Gasteiger partial charge on any atom is 0.311 e. The average molecular weight is 444 g/mol. The summed E-state index contributed by atoms with van der Waals surface area (Å²) in [6, 6.07) is 10.5. The van der Waals surface area contributed by atoms with Crippen LogP contribution in [0.1, 0.15) is 16.8 Å². The normalized spacial score (nSPS) is 11.1. The number of aromatic nitrogens is 2. The number of esters is 1. The molecule has 0 amide bonds. The molecule has 0 saturated carbocycles. The molecular weight excluding hydrogens is 425 g/mol. The molecule has 0 aliphatic heterocycles. The second-order valence-electron chi connectivity index (χ2n) is 6.90. The van der Waals surface area contributed by atoms with Crippen molar-refractivity contribution in [3.05, 3.63) is 69.4 Å². The topological polar surface area (TPSA) is 55.6 Å². The quantitative estimate of drug-likeness (QED) is 0.388. The molecule has 1 N–H and O–H groups in total. The van der Waals surface area contributed by atoms with Gasteiger partial charge in [0, 0.05) is 16.6 Å². The Hall–Kier alpha value is -2.90. The molecule has 0 unspecified atom stereocenters. The number of hydrogen-bond acceptors (Lipinski definition) is 5. The zero-order chi connectivity index (χ0) is 21.4. The van der Waals surface area contributed by atoms with Crippen molar-refractivity contribution in [3.8, 4) is 11.3 Å². The van der Waals surface area contributed by atoms with Crippen LogP contribution in [0.15, 0.2) is 41.8 Å². The van der Waals surface area contributed by atoms with Gasteiger partial charge in [-0.25, -0.2) is 9.37 Å². The minimum Gasteiger partial charge on any atom is -0.469 e. The van der Waals surface area contributed by atoms with E-state index in [1.165, 1.54) is 24.5 Å². The smallest absolute Gasteiger partial charge is 0.311 e. The number of nitrogens with one attached hydrogen (secondary N) is 1. The monoisotopic (exact) mass is 443 g/mol. The van der Waals surface area contributed by atoms with Gasteiger partial charge in [-0.15, -0.1) is 11.3 Å². The van der Waals surface area contributed by atoms with E-state index in [0.29, 0.717) is 38.4 Å². The highest BCUT2D eigenvalue weighted by Gasteiger charge is 2.23. The van der Waals surface area contributed by atoms with Crippen molar-refractivity contribution in [2.75, 3.05) is 12.4 Å². The molecule has 0 spiro atoms. The molecule has 4 rings (SSSR count). The number of methoxy groups -OCH3 is 1.